The lowest BCUT2D eigenvalue weighted by Gasteiger charge is -1.67. The number of H-pyrrole nitrogens is 2. The molecule has 0 aliphatic carbocycles. The Labute approximate surface area is 52.1 Å². The lowest BCUT2D eigenvalue weighted by molar-refractivity contribution is 1.06. The first-order valence-corrected chi connectivity index (χ1v) is 2.53. The van der Waals surface area contributed by atoms with Crippen molar-refractivity contribution in [3.63, 3.8) is 0 Å². The summed E-state index contributed by atoms with van der Waals surface area (Å²) in [5.74, 6) is 5.25. The predicted octanol–water partition coefficient (Wildman–Crippen LogP) is 0.0744. The third-order valence-electron chi connectivity index (χ3n) is 0.907. The Morgan fingerprint density at radius 2 is 2.44 bits per heavy atom. The highest BCUT2D eigenvalue weighted by molar-refractivity contribution is 5.28. The van der Waals surface area contributed by atoms with Crippen molar-refractivity contribution in [2.75, 3.05) is 0 Å². The minimum Gasteiger partial charge on any atom is -0.304 e. The van der Waals surface area contributed by atoms with Crippen LogP contribution in [0.15, 0.2) is 11.0 Å². The lowest BCUT2D eigenvalue weighted by atomic mass is 10.4. The standard InChI is InChI=1S/C6H6N2O/c1-2-3-5-4-7-8-6(5)9/h4H,1H3,(H2,7,8,9). The first-order chi connectivity index (χ1) is 4.34. The summed E-state index contributed by atoms with van der Waals surface area (Å²) in [6, 6.07) is 0. The number of hydrogen-bond donors (Lipinski definition) is 2. The third kappa shape index (κ3) is 1.03. The van der Waals surface area contributed by atoms with Crippen LogP contribution in [0.3, 0.4) is 0 Å². The molecular formula is C6H6N2O. The van der Waals surface area contributed by atoms with E-state index in [1.807, 2.05) is 0 Å². The maximum atomic E-state index is 10.6. The van der Waals surface area contributed by atoms with Crippen LogP contribution in [0.5, 0.6) is 0 Å². The van der Waals surface area contributed by atoms with Crippen LogP contribution >= 0.6 is 0 Å². The largest absolute Gasteiger partial charge is 0.304 e. The predicted molar refractivity (Wildman–Crippen MR) is 34.0 cm³/mol. The molecule has 3 nitrogen and oxygen atoms in total. The van der Waals surface area contributed by atoms with Crippen LogP contribution in [0, 0.1) is 11.8 Å². The Balaban J connectivity index is 3.19. The summed E-state index contributed by atoms with van der Waals surface area (Å²) in [7, 11) is 0. The van der Waals surface area contributed by atoms with E-state index < -0.39 is 0 Å². The Bertz CT molecular complexity index is 297. The smallest absolute Gasteiger partial charge is 0.279 e. The minimum absolute atomic E-state index is 0.163. The van der Waals surface area contributed by atoms with Crippen molar-refractivity contribution < 1.29 is 0 Å². The van der Waals surface area contributed by atoms with Crippen LogP contribution in [0.1, 0.15) is 12.5 Å². The van der Waals surface area contributed by atoms with Gasteiger partial charge in [0.15, 0.2) is 0 Å². The molecule has 0 spiro atoms. The van der Waals surface area contributed by atoms with Gasteiger partial charge in [0.25, 0.3) is 5.56 Å². The van der Waals surface area contributed by atoms with Crippen molar-refractivity contribution in [3.05, 3.63) is 22.1 Å². The van der Waals surface area contributed by atoms with E-state index >= 15 is 0 Å². The zero-order valence-corrected chi connectivity index (χ0v) is 4.99. The van der Waals surface area contributed by atoms with Crippen molar-refractivity contribution in [1.29, 1.82) is 0 Å². The zero-order chi connectivity index (χ0) is 6.69. The molecule has 46 valence electrons. The summed E-state index contributed by atoms with van der Waals surface area (Å²) in [4.78, 5) is 10.6. The molecule has 1 heterocycles. The second kappa shape index (κ2) is 2.23. The van der Waals surface area contributed by atoms with E-state index in [0.717, 1.165) is 0 Å². The molecule has 1 aromatic heterocycles. The quantitative estimate of drug-likeness (QED) is 0.470. The Hall–Kier alpha value is -1.43. The van der Waals surface area contributed by atoms with E-state index in [4.69, 9.17) is 0 Å². The van der Waals surface area contributed by atoms with Gasteiger partial charge in [-0.2, -0.15) is 0 Å². The van der Waals surface area contributed by atoms with Gasteiger partial charge in [-0.25, -0.2) is 0 Å². The second-order valence-corrected chi connectivity index (χ2v) is 1.53. The SMILES string of the molecule is CC#Cc1c[nH][nH]c1=O. The zero-order valence-electron chi connectivity index (χ0n) is 4.99. The van der Waals surface area contributed by atoms with Gasteiger partial charge in [-0.05, 0) is 6.92 Å². The fourth-order valence-corrected chi connectivity index (χ4v) is 0.534. The molecule has 0 fully saturated rings. The summed E-state index contributed by atoms with van der Waals surface area (Å²) >= 11 is 0. The van der Waals surface area contributed by atoms with Gasteiger partial charge in [0.1, 0.15) is 5.56 Å². The number of rotatable bonds is 0. The highest BCUT2D eigenvalue weighted by Crippen LogP contribution is 1.78. The maximum Gasteiger partial charge on any atom is 0.279 e. The van der Waals surface area contributed by atoms with Gasteiger partial charge in [0, 0.05) is 6.20 Å². The molecule has 0 saturated heterocycles. The van der Waals surface area contributed by atoms with Gasteiger partial charge in [0.05, 0.1) is 0 Å². The normalized spacial score (nSPS) is 8.11. The van der Waals surface area contributed by atoms with Crippen molar-refractivity contribution >= 4 is 0 Å². The fourth-order valence-electron chi connectivity index (χ4n) is 0.534. The Morgan fingerprint density at radius 1 is 1.67 bits per heavy atom. The van der Waals surface area contributed by atoms with Crippen molar-refractivity contribution in [3.8, 4) is 11.8 Å². The molecule has 0 aliphatic rings. The second-order valence-electron chi connectivity index (χ2n) is 1.53. The molecule has 0 amide bonds. The first kappa shape index (κ1) is 5.70. The van der Waals surface area contributed by atoms with Gasteiger partial charge in [-0.3, -0.25) is 9.89 Å². The summed E-state index contributed by atoms with van der Waals surface area (Å²) < 4.78 is 0. The third-order valence-corrected chi connectivity index (χ3v) is 0.907. The molecule has 1 rings (SSSR count). The highest BCUT2D eigenvalue weighted by atomic mass is 16.1. The number of aromatic nitrogens is 2. The average molecular weight is 122 g/mol. The molecule has 0 atom stereocenters. The summed E-state index contributed by atoms with van der Waals surface area (Å²) in [6.45, 7) is 1.69. The summed E-state index contributed by atoms with van der Waals surface area (Å²) in [5.41, 5.74) is 0.321. The van der Waals surface area contributed by atoms with Crippen LogP contribution in [0.25, 0.3) is 0 Å². The monoisotopic (exact) mass is 122 g/mol. The van der Waals surface area contributed by atoms with Crippen molar-refractivity contribution in [2.45, 2.75) is 6.92 Å². The molecule has 0 saturated carbocycles. The van der Waals surface area contributed by atoms with Crippen molar-refractivity contribution in [1.82, 2.24) is 10.2 Å². The highest BCUT2D eigenvalue weighted by Gasteiger charge is 1.90. The van der Waals surface area contributed by atoms with Gasteiger partial charge in [-0.1, -0.05) is 5.92 Å². The van der Waals surface area contributed by atoms with Crippen LogP contribution in [-0.2, 0) is 0 Å². The molecule has 0 bridgehead atoms. The number of hydrogen-bond acceptors (Lipinski definition) is 1. The Morgan fingerprint density at radius 3 is 2.89 bits per heavy atom. The first-order valence-electron chi connectivity index (χ1n) is 2.53. The summed E-state index contributed by atoms with van der Waals surface area (Å²) in [5, 5.41) is 4.91. The molecule has 1 aromatic rings. The fraction of sp³-hybridized carbons (Fsp3) is 0.167. The molecule has 9 heavy (non-hydrogen) atoms. The van der Waals surface area contributed by atoms with E-state index in [1.54, 1.807) is 13.1 Å². The maximum absolute atomic E-state index is 10.6. The van der Waals surface area contributed by atoms with E-state index in [9.17, 15) is 4.79 Å². The van der Waals surface area contributed by atoms with Crippen molar-refractivity contribution in [2.24, 2.45) is 0 Å². The number of aromatic amines is 2. The van der Waals surface area contributed by atoms with Gasteiger partial charge in [0.2, 0.25) is 0 Å². The molecule has 0 aliphatic heterocycles. The topological polar surface area (TPSA) is 48.6 Å². The van der Waals surface area contributed by atoms with Crippen LogP contribution in [0.4, 0.5) is 0 Å². The van der Waals surface area contributed by atoms with Gasteiger partial charge >= 0.3 is 0 Å². The minimum atomic E-state index is -0.163. The van der Waals surface area contributed by atoms with Crippen LogP contribution in [-0.4, -0.2) is 10.2 Å². The van der Waals surface area contributed by atoms with Crippen LogP contribution < -0.4 is 5.56 Å². The van der Waals surface area contributed by atoms with E-state index in [0.29, 0.717) is 5.56 Å². The molecule has 0 radical (unpaired) electrons. The molecule has 2 N–H and O–H groups in total. The molecular weight excluding hydrogens is 116 g/mol. The van der Waals surface area contributed by atoms with Gasteiger partial charge in [-0.15, -0.1) is 5.92 Å². The number of nitrogens with one attached hydrogen (secondary N) is 2. The van der Waals surface area contributed by atoms with Gasteiger partial charge < -0.3 is 5.10 Å². The summed E-state index contributed by atoms with van der Waals surface area (Å²) in [6.07, 6.45) is 1.54. The molecule has 0 aromatic carbocycles. The molecule has 3 heteroatoms. The molecule has 0 unspecified atom stereocenters. The van der Waals surface area contributed by atoms with E-state index in [-0.39, 0.29) is 5.56 Å². The lowest BCUT2D eigenvalue weighted by Crippen LogP contribution is -2.01. The van der Waals surface area contributed by atoms with Crippen LogP contribution in [0.2, 0.25) is 0 Å². The van der Waals surface area contributed by atoms with E-state index in [2.05, 4.69) is 22.0 Å². The average Bonchev–Trinajstić information content (AvgIpc) is 2.18. The van der Waals surface area contributed by atoms with E-state index in [1.165, 1.54) is 0 Å². The Kier molecular flexibility index (Phi) is 1.41.